The number of benzene rings is 1. The average Bonchev–Trinajstić information content (AvgIpc) is 3.15. The van der Waals surface area contributed by atoms with E-state index in [9.17, 15) is 9.59 Å². The Morgan fingerprint density at radius 1 is 1.11 bits per heavy atom. The molecule has 0 saturated carbocycles. The molecule has 1 aromatic rings. The van der Waals surface area contributed by atoms with Crippen molar-refractivity contribution in [3.8, 4) is 11.5 Å². The third-order valence-electron chi connectivity index (χ3n) is 5.75. The number of rotatable bonds is 6. The number of carbonyl (C=O) groups excluding carboxylic acids is 2. The van der Waals surface area contributed by atoms with Crippen LogP contribution in [0.1, 0.15) is 37.3 Å². The lowest BCUT2D eigenvalue weighted by Crippen LogP contribution is -2.45. The first-order valence-corrected chi connectivity index (χ1v) is 9.56. The Kier molecular flexibility index (Phi) is 6.21. The minimum atomic E-state index is -0.258. The summed E-state index contributed by atoms with van der Waals surface area (Å²) in [5.41, 5.74) is 6.45. The molecule has 2 N–H and O–H groups in total. The molecule has 1 aromatic carbocycles. The van der Waals surface area contributed by atoms with Crippen molar-refractivity contribution in [1.29, 1.82) is 0 Å². The summed E-state index contributed by atoms with van der Waals surface area (Å²) in [7, 11) is 3.32. The fraction of sp³-hybridized carbons (Fsp3) is 0.600. The molecule has 2 saturated heterocycles. The SMILES string of the molecule is COc1ccc(OC)c([C@H]2CCCN2CC(=O)N2CCC(C(N)=O)CC2)c1. The molecule has 2 aliphatic heterocycles. The quantitative estimate of drug-likeness (QED) is 0.816. The van der Waals surface area contributed by atoms with Gasteiger partial charge in [-0.1, -0.05) is 0 Å². The van der Waals surface area contributed by atoms with Gasteiger partial charge in [-0.2, -0.15) is 0 Å². The number of likely N-dealkylation sites (tertiary alicyclic amines) is 2. The summed E-state index contributed by atoms with van der Waals surface area (Å²) in [6.45, 7) is 2.47. The van der Waals surface area contributed by atoms with Crippen LogP contribution in [0.25, 0.3) is 0 Å². The zero-order valence-corrected chi connectivity index (χ0v) is 16.1. The topological polar surface area (TPSA) is 85.1 Å². The molecule has 1 atom stereocenters. The van der Waals surface area contributed by atoms with E-state index in [1.807, 2.05) is 23.1 Å². The van der Waals surface area contributed by atoms with Crippen LogP contribution in [0.2, 0.25) is 0 Å². The van der Waals surface area contributed by atoms with Gasteiger partial charge < -0.3 is 20.1 Å². The van der Waals surface area contributed by atoms with Gasteiger partial charge in [0.25, 0.3) is 0 Å². The molecule has 7 heteroatoms. The Morgan fingerprint density at radius 2 is 1.85 bits per heavy atom. The second-order valence-corrected chi connectivity index (χ2v) is 7.29. The van der Waals surface area contributed by atoms with Gasteiger partial charge >= 0.3 is 0 Å². The number of methoxy groups -OCH3 is 2. The van der Waals surface area contributed by atoms with Gasteiger partial charge in [-0.3, -0.25) is 14.5 Å². The summed E-state index contributed by atoms with van der Waals surface area (Å²) in [6.07, 6.45) is 3.35. The Labute approximate surface area is 160 Å². The van der Waals surface area contributed by atoms with E-state index in [2.05, 4.69) is 4.90 Å². The smallest absolute Gasteiger partial charge is 0.236 e. The number of primary amides is 1. The fourth-order valence-electron chi connectivity index (χ4n) is 4.15. The molecule has 2 fully saturated rings. The van der Waals surface area contributed by atoms with Crippen LogP contribution in [-0.2, 0) is 9.59 Å². The molecule has 7 nitrogen and oxygen atoms in total. The third kappa shape index (κ3) is 4.35. The normalized spacial score (nSPS) is 21.3. The highest BCUT2D eigenvalue weighted by molar-refractivity contribution is 5.80. The number of nitrogens with zero attached hydrogens (tertiary/aromatic N) is 2. The van der Waals surface area contributed by atoms with Crippen LogP contribution in [0.5, 0.6) is 11.5 Å². The first-order chi connectivity index (χ1) is 13.0. The van der Waals surface area contributed by atoms with E-state index in [1.165, 1.54) is 0 Å². The monoisotopic (exact) mass is 375 g/mol. The maximum Gasteiger partial charge on any atom is 0.236 e. The van der Waals surface area contributed by atoms with Crippen molar-refractivity contribution in [1.82, 2.24) is 9.80 Å². The average molecular weight is 375 g/mol. The maximum absolute atomic E-state index is 12.8. The van der Waals surface area contributed by atoms with Gasteiger partial charge in [0, 0.05) is 30.6 Å². The first-order valence-electron chi connectivity index (χ1n) is 9.56. The minimum absolute atomic E-state index is 0.102. The molecule has 148 valence electrons. The lowest BCUT2D eigenvalue weighted by Gasteiger charge is -2.33. The molecule has 27 heavy (non-hydrogen) atoms. The Hall–Kier alpha value is -2.28. The zero-order chi connectivity index (χ0) is 19.4. The molecule has 3 rings (SSSR count). The number of amides is 2. The van der Waals surface area contributed by atoms with Crippen LogP contribution >= 0.6 is 0 Å². The van der Waals surface area contributed by atoms with E-state index in [4.69, 9.17) is 15.2 Å². The second-order valence-electron chi connectivity index (χ2n) is 7.29. The molecule has 0 aliphatic carbocycles. The van der Waals surface area contributed by atoms with E-state index in [0.29, 0.717) is 32.5 Å². The molecule has 0 spiro atoms. The largest absolute Gasteiger partial charge is 0.497 e. The lowest BCUT2D eigenvalue weighted by molar-refractivity contribution is -0.136. The van der Waals surface area contributed by atoms with Crippen LogP contribution in [0, 0.1) is 5.92 Å². The van der Waals surface area contributed by atoms with Crippen LogP contribution in [0.3, 0.4) is 0 Å². The van der Waals surface area contributed by atoms with Crippen molar-refractivity contribution >= 4 is 11.8 Å². The summed E-state index contributed by atoms with van der Waals surface area (Å²) < 4.78 is 10.9. The predicted molar refractivity (Wildman–Crippen MR) is 102 cm³/mol. The predicted octanol–water partition coefficient (Wildman–Crippen LogP) is 1.56. The molecule has 0 aromatic heterocycles. The highest BCUT2D eigenvalue weighted by Gasteiger charge is 2.32. The number of ether oxygens (including phenoxy) is 2. The molecule has 0 radical (unpaired) electrons. The van der Waals surface area contributed by atoms with Crippen molar-refractivity contribution < 1.29 is 19.1 Å². The molecule has 0 unspecified atom stereocenters. The summed E-state index contributed by atoms with van der Waals surface area (Å²) in [4.78, 5) is 28.2. The molecule has 0 bridgehead atoms. The summed E-state index contributed by atoms with van der Waals surface area (Å²) in [5, 5.41) is 0. The van der Waals surface area contributed by atoms with E-state index in [0.717, 1.165) is 36.4 Å². The summed E-state index contributed by atoms with van der Waals surface area (Å²) in [6, 6.07) is 5.95. The van der Waals surface area contributed by atoms with Crippen LogP contribution in [0.15, 0.2) is 18.2 Å². The first kappa shape index (κ1) is 19.5. The fourth-order valence-corrected chi connectivity index (χ4v) is 4.15. The molecule has 2 amide bonds. The highest BCUT2D eigenvalue weighted by Crippen LogP contribution is 2.38. The van der Waals surface area contributed by atoms with E-state index in [1.54, 1.807) is 14.2 Å². The highest BCUT2D eigenvalue weighted by atomic mass is 16.5. The molecular weight excluding hydrogens is 346 g/mol. The summed E-state index contributed by atoms with van der Waals surface area (Å²) in [5.74, 6) is 1.37. The lowest BCUT2D eigenvalue weighted by atomic mass is 9.96. The van der Waals surface area contributed by atoms with Gasteiger partial charge in [0.1, 0.15) is 11.5 Å². The van der Waals surface area contributed by atoms with Crippen molar-refractivity contribution in [2.45, 2.75) is 31.7 Å². The van der Waals surface area contributed by atoms with Gasteiger partial charge in [0.15, 0.2) is 0 Å². The van der Waals surface area contributed by atoms with Gasteiger partial charge in [0.2, 0.25) is 11.8 Å². The van der Waals surface area contributed by atoms with Crippen molar-refractivity contribution in [3.05, 3.63) is 23.8 Å². The number of nitrogens with two attached hydrogens (primary N) is 1. The number of piperidine rings is 1. The van der Waals surface area contributed by atoms with Crippen LogP contribution in [-0.4, -0.2) is 62.0 Å². The van der Waals surface area contributed by atoms with Crippen molar-refractivity contribution in [2.24, 2.45) is 11.7 Å². The van der Waals surface area contributed by atoms with Gasteiger partial charge in [0.05, 0.1) is 20.8 Å². The Balaban J connectivity index is 1.67. The van der Waals surface area contributed by atoms with Gasteiger partial charge in [-0.25, -0.2) is 0 Å². The molecule has 2 aliphatic rings. The molecule has 2 heterocycles. The number of hydrogen-bond donors (Lipinski definition) is 1. The standard InChI is InChI=1S/C20H29N3O4/c1-26-15-5-6-18(27-2)16(12-15)17-4-3-9-23(17)13-19(24)22-10-7-14(8-11-22)20(21)25/h5-6,12,14,17H,3-4,7-11,13H2,1-2H3,(H2,21,25)/t17-/m1/s1. The minimum Gasteiger partial charge on any atom is -0.497 e. The van der Waals surface area contributed by atoms with Gasteiger partial charge in [-0.05, 0) is 50.4 Å². The number of hydrogen-bond acceptors (Lipinski definition) is 5. The summed E-state index contributed by atoms with van der Waals surface area (Å²) >= 11 is 0. The maximum atomic E-state index is 12.8. The Bertz CT molecular complexity index is 686. The third-order valence-corrected chi connectivity index (χ3v) is 5.75. The van der Waals surface area contributed by atoms with Crippen LogP contribution in [0.4, 0.5) is 0 Å². The van der Waals surface area contributed by atoms with Crippen LogP contribution < -0.4 is 15.2 Å². The second kappa shape index (κ2) is 8.61. The zero-order valence-electron chi connectivity index (χ0n) is 16.1. The van der Waals surface area contributed by atoms with E-state index < -0.39 is 0 Å². The van der Waals surface area contributed by atoms with Crippen molar-refractivity contribution in [2.75, 3.05) is 40.4 Å². The van der Waals surface area contributed by atoms with E-state index >= 15 is 0 Å². The van der Waals surface area contributed by atoms with Gasteiger partial charge in [-0.15, -0.1) is 0 Å². The Morgan fingerprint density at radius 3 is 2.48 bits per heavy atom. The molecular formula is C20H29N3O4. The van der Waals surface area contributed by atoms with Crippen molar-refractivity contribution in [3.63, 3.8) is 0 Å². The number of carbonyl (C=O) groups is 2. The van der Waals surface area contributed by atoms with E-state index in [-0.39, 0.29) is 23.8 Å².